The molecular weight excluding hydrogens is 815 g/mol. The highest BCUT2D eigenvalue weighted by molar-refractivity contribution is 8.34. The predicted molar refractivity (Wildman–Crippen MR) is 271 cm³/mol. The molecule has 4 heterocycles. The van der Waals surface area contributed by atoms with Crippen LogP contribution < -0.4 is 0 Å². The standard InChI is InChI=1S/C59H39N3S2/c1-4-18-40(19-5-1)41-20-16-21-42(36-41)61-52-30-13-10-26-46(52)50-39-55-51(38-54(50)61)47-27-11-14-31-53(47)62(55)58-37-45(34-35-60-58)64(43-22-6-2-7-23-43,44-24-8-3-9-25-44)57-33-17-29-49-48-28-12-15-32-56(48)63-59(49)57/h1-39H. The van der Waals surface area contributed by atoms with Crippen molar-refractivity contribution in [3.8, 4) is 22.6 Å². The van der Waals surface area contributed by atoms with Crippen molar-refractivity contribution in [3.05, 3.63) is 237 Å². The molecule has 5 heteroatoms. The summed E-state index contributed by atoms with van der Waals surface area (Å²) < 4.78 is 7.47. The second-order valence-electron chi connectivity index (χ2n) is 16.3. The van der Waals surface area contributed by atoms with E-state index >= 15 is 0 Å². The van der Waals surface area contributed by atoms with E-state index in [1.54, 1.807) is 0 Å². The summed E-state index contributed by atoms with van der Waals surface area (Å²) in [7, 11) is -2.07. The van der Waals surface area contributed by atoms with Gasteiger partial charge in [0.25, 0.3) is 0 Å². The Kier molecular flexibility index (Phi) is 8.48. The topological polar surface area (TPSA) is 22.8 Å². The molecule has 0 atom stereocenters. The Bertz CT molecular complexity index is 3860. The molecule has 0 spiro atoms. The average molecular weight is 854 g/mol. The highest BCUT2D eigenvalue weighted by Gasteiger charge is 2.36. The molecule has 0 N–H and O–H groups in total. The fourth-order valence-corrected chi connectivity index (χ4v) is 15.7. The van der Waals surface area contributed by atoms with E-state index in [4.69, 9.17) is 4.98 Å². The number of fused-ring (bicyclic) bond motifs is 9. The maximum atomic E-state index is 5.28. The number of pyridine rings is 1. The summed E-state index contributed by atoms with van der Waals surface area (Å²) >= 11 is 1.90. The minimum Gasteiger partial charge on any atom is -0.309 e. The van der Waals surface area contributed by atoms with Crippen LogP contribution in [0.3, 0.4) is 0 Å². The summed E-state index contributed by atoms with van der Waals surface area (Å²) in [6.45, 7) is 0. The first-order chi connectivity index (χ1) is 31.8. The van der Waals surface area contributed by atoms with Crippen LogP contribution in [-0.4, -0.2) is 14.1 Å². The van der Waals surface area contributed by atoms with Gasteiger partial charge in [0.05, 0.1) is 22.1 Å². The van der Waals surface area contributed by atoms with Crippen LogP contribution in [0.4, 0.5) is 0 Å². The number of nitrogens with zero attached hydrogens (tertiary/aromatic N) is 3. The van der Waals surface area contributed by atoms with E-state index in [1.165, 1.54) is 83.5 Å². The highest BCUT2D eigenvalue weighted by atomic mass is 32.3. The fourth-order valence-electron chi connectivity index (χ4n) is 10.1. The highest BCUT2D eigenvalue weighted by Crippen LogP contribution is 2.75. The minimum atomic E-state index is -2.07. The summed E-state index contributed by atoms with van der Waals surface area (Å²) in [5.41, 5.74) is 8.16. The maximum absolute atomic E-state index is 5.28. The quantitative estimate of drug-likeness (QED) is 0.157. The second kappa shape index (κ2) is 14.7. The van der Waals surface area contributed by atoms with Crippen LogP contribution in [0, 0.1) is 0 Å². The monoisotopic (exact) mass is 853 g/mol. The van der Waals surface area contributed by atoms with E-state index in [2.05, 4.69) is 240 Å². The van der Waals surface area contributed by atoms with Gasteiger partial charge in [-0.15, -0.1) is 21.4 Å². The molecule has 0 bridgehead atoms. The van der Waals surface area contributed by atoms with Gasteiger partial charge in [0.2, 0.25) is 0 Å². The van der Waals surface area contributed by atoms with Crippen molar-refractivity contribution in [2.24, 2.45) is 0 Å². The number of aromatic nitrogens is 3. The lowest BCUT2D eigenvalue weighted by atomic mass is 10.1. The molecule has 0 saturated heterocycles. The van der Waals surface area contributed by atoms with Gasteiger partial charge < -0.3 is 4.57 Å². The molecule has 0 aliphatic rings. The molecule has 4 aromatic heterocycles. The van der Waals surface area contributed by atoms with Crippen LogP contribution in [0.5, 0.6) is 0 Å². The molecule has 0 radical (unpaired) electrons. The zero-order valence-electron chi connectivity index (χ0n) is 34.7. The van der Waals surface area contributed by atoms with E-state index < -0.39 is 10.0 Å². The first-order valence-corrected chi connectivity index (χ1v) is 24.1. The van der Waals surface area contributed by atoms with E-state index in [-0.39, 0.29) is 0 Å². The summed E-state index contributed by atoms with van der Waals surface area (Å²) in [6.07, 6.45) is 2.04. The van der Waals surface area contributed by atoms with Gasteiger partial charge in [-0.05, 0) is 96.1 Å². The minimum absolute atomic E-state index is 0.898. The van der Waals surface area contributed by atoms with E-state index in [9.17, 15) is 0 Å². The van der Waals surface area contributed by atoms with Gasteiger partial charge in [-0.1, -0.05) is 146 Å². The third-order valence-electron chi connectivity index (χ3n) is 12.9. The molecular formula is C59H39N3S2. The first kappa shape index (κ1) is 36.9. The maximum Gasteiger partial charge on any atom is 0.138 e. The summed E-state index contributed by atoms with van der Waals surface area (Å²) in [4.78, 5) is 10.4. The SMILES string of the molecule is c1ccc(-c2cccc(-n3c4ccccc4c4cc5c(cc43)c3ccccc3n5-c3cc(S(c4ccccc4)(c4ccccc4)c4cccc5c4sc4ccccc45)ccn3)c2)cc1. The Morgan fingerprint density at radius 1 is 0.359 bits per heavy atom. The van der Waals surface area contributed by atoms with Crippen LogP contribution >= 0.6 is 21.4 Å². The molecule has 302 valence electrons. The van der Waals surface area contributed by atoms with E-state index in [0.717, 1.165) is 22.5 Å². The lowest BCUT2D eigenvalue weighted by Gasteiger charge is -2.42. The van der Waals surface area contributed by atoms with Crippen LogP contribution in [0.2, 0.25) is 0 Å². The van der Waals surface area contributed by atoms with Crippen LogP contribution in [0.15, 0.2) is 256 Å². The largest absolute Gasteiger partial charge is 0.309 e. The number of para-hydroxylation sites is 2. The van der Waals surface area contributed by atoms with Crippen LogP contribution in [-0.2, 0) is 0 Å². The Morgan fingerprint density at radius 2 is 0.906 bits per heavy atom. The molecule has 0 aliphatic carbocycles. The predicted octanol–water partition coefficient (Wildman–Crippen LogP) is 16.7. The van der Waals surface area contributed by atoms with Crippen LogP contribution in [0.1, 0.15) is 0 Å². The van der Waals surface area contributed by atoms with E-state index in [0.29, 0.717) is 0 Å². The lowest BCUT2D eigenvalue weighted by Crippen LogP contribution is -2.07. The summed E-state index contributed by atoms with van der Waals surface area (Å²) in [5, 5.41) is 7.42. The number of benzene rings is 9. The first-order valence-electron chi connectivity index (χ1n) is 21.7. The van der Waals surface area contributed by atoms with Crippen molar-refractivity contribution < 1.29 is 0 Å². The third-order valence-corrected chi connectivity index (χ3v) is 18.1. The van der Waals surface area contributed by atoms with Gasteiger partial charge in [-0.25, -0.2) is 4.98 Å². The van der Waals surface area contributed by atoms with Gasteiger partial charge in [-0.2, -0.15) is 0 Å². The lowest BCUT2D eigenvalue weighted by molar-refractivity contribution is 1.06. The number of hydrogen-bond donors (Lipinski definition) is 0. The molecule has 0 unspecified atom stereocenters. The third kappa shape index (κ3) is 5.51. The average Bonchev–Trinajstić information content (AvgIpc) is 4.02. The zero-order valence-corrected chi connectivity index (χ0v) is 36.3. The van der Waals surface area contributed by atoms with Gasteiger partial charge >= 0.3 is 0 Å². The normalized spacial score (nSPS) is 12.3. The molecule has 64 heavy (non-hydrogen) atoms. The van der Waals surface area contributed by atoms with Crippen LogP contribution in [0.25, 0.3) is 86.4 Å². The molecule has 0 fully saturated rings. The van der Waals surface area contributed by atoms with Gasteiger partial charge in [0, 0.05) is 73.2 Å². The Hall–Kier alpha value is -7.70. The van der Waals surface area contributed by atoms with Crippen molar-refractivity contribution in [3.63, 3.8) is 0 Å². The Morgan fingerprint density at radius 3 is 1.61 bits per heavy atom. The molecule has 0 amide bonds. The number of hydrogen-bond acceptors (Lipinski definition) is 2. The molecule has 3 nitrogen and oxygen atoms in total. The Labute approximate surface area is 376 Å². The molecule has 13 rings (SSSR count). The van der Waals surface area contributed by atoms with E-state index in [1.807, 2.05) is 17.5 Å². The van der Waals surface area contributed by atoms with Crippen molar-refractivity contribution in [2.45, 2.75) is 19.6 Å². The second-order valence-corrected chi connectivity index (χ2v) is 20.5. The smallest absolute Gasteiger partial charge is 0.138 e. The number of rotatable bonds is 7. The van der Waals surface area contributed by atoms with Gasteiger partial charge in [0.1, 0.15) is 5.82 Å². The number of thiophene rings is 1. The molecule has 13 aromatic rings. The summed E-state index contributed by atoms with van der Waals surface area (Å²) in [5.74, 6) is 0.898. The molecule has 0 aliphatic heterocycles. The molecule has 0 saturated carbocycles. The van der Waals surface area contributed by atoms with Crippen molar-refractivity contribution >= 4 is 85.1 Å². The van der Waals surface area contributed by atoms with Gasteiger partial charge in [-0.3, -0.25) is 4.57 Å². The fraction of sp³-hybridized carbons (Fsp3) is 0. The van der Waals surface area contributed by atoms with Gasteiger partial charge in [0.15, 0.2) is 0 Å². The van der Waals surface area contributed by atoms with Crippen molar-refractivity contribution in [2.75, 3.05) is 0 Å². The Balaban J connectivity index is 1.09. The zero-order chi connectivity index (χ0) is 42.2. The molecule has 9 aromatic carbocycles. The van der Waals surface area contributed by atoms with Crippen molar-refractivity contribution in [1.29, 1.82) is 0 Å². The summed E-state index contributed by atoms with van der Waals surface area (Å²) in [6, 6.07) is 84.8. The van der Waals surface area contributed by atoms with Crippen molar-refractivity contribution in [1.82, 2.24) is 14.1 Å².